The van der Waals surface area contributed by atoms with Gasteiger partial charge in [0, 0.05) is 17.1 Å². The highest BCUT2D eigenvalue weighted by molar-refractivity contribution is 9.10. The fraction of sp³-hybridized carbons (Fsp3) is 0.400. The van der Waals surface area contributed by atoms with Gasteiger partial charge in [0.25, 0.3) is 0 Å². The zero-order valence-electron chi connectivity index (χ0n) is 8.30. The van der Waals surface area contributed by atoms with Crippen LogP contribution in [-0.2, 0) is 4.79 Å². The summed E-state index contributed by atoms with van der Waals surface area (Å²) in [6.45, 7) is 3.85. The van der Waals surface area contributed by atoms with Crippen molar-refractivity contribution < 1.29 is 4.79 Å². The maximum absolute atomic E-state index is 11.3. The van der Waals surface area contributed by atoms with Gasteiger partial charge in [-0.25, -0.2) is 0 Å². The van der Waals surface area contributed by atoms with Crippen molar-refractivity contribution in [3.05, 3.63) is 22.4 Å². The molecule has 0 aromatic carbocycles. The van der Waals surface area contributed by atoms with Gasteiger partial charge in [-0.05, 0) is 35.3 Å². The standard InChI is InChI=1S/C10H13BrN2O/c1-3-4-10(14)13-9-5-8(11)6-12-7(9)2/h5-6H,3-4H2,1-2H3,(H,13,14). The minimum atomic E-state index is 0.0375. The fourth-order valence-corrected chi connectivity index (χ4v) is 1.41. The first-order valence-electron chi connectivity index (χ1n) is 4.55. The number of pyridine rings is 1. The minimum absolute atomic E-state index is 0.0375. The predicted molar refractivity (Wildman–Crippen MR) is 60.2 cm³/mol. The SMILES string of the molecule is CCCC(=O)Nc1cc(Br)cnc1C. The van der Waals surface area contributed by atoms with E-state index in [1.165, 1.54) is 0 Å². The molecule has 0 aliphatic carbocycles. The average molecular weight is 257 g/mol. The van der Waals surface area contributed by atoms with Gasteiger partial charge in [0.2, 0.25) is 5.91 Å². The molecular weight excluding hydrogens is 244 g/mol. The Morgan fingerprint density at radius 3 is 3.00 bits per heavy atom. The third-order valence-electron chi connectivity index (χ3n) is 1.80. The second kappa shape index (κ2) is 5.10. The molecule has 0 aliphatic rings. The second-order valence-electron chi connectivity index (χ2n) is 3.08. The maximum Gasteiger partial charge on any atom is 0.224 e. The smallest absolute Gasteiger partial charge is 0.224 e. The fourth-order valence-electron chi connectivity index (χ4n) is 1.07. The topological polar surface area (TPSA) is 42.0 Å². The predicted octanol–water partition coefficient (Wildman–Crippen LogP) is 2.89. The molecule has 4 heteroatoms. The third-order valence-corrected chi connectivity index (χ3v) is 2.24. The molecule has 0 aliphatic heterocycles. The van der Waals surface area contributed by atoms with E-state index >= 15 is 0 Å². The van der Waals surface area contributed by atoms with Gasteiger partial charge in [0.1, 0.15) is 0 Å². The summed E-state index contributed by atoms with van der Waals surface area (Å²) >= 11 is 3.31. The molecule has 1 aromatic heterocycles. The van der Waals surface area contributed by atoms with E-state index < -0.39 is 0 Å². The number of anilines is 1. The Labute approximate surface area is 92.1 Å². The number of carbonyl (C=O) groups is 1. The van der Waals surface area contributed by atoms with Crippen LogP contribution in [0.1, 0.15) is 25.5 Å². The van der Waals surface area contributed by atoms with Crippen LogP contribution in [0.3, 0.4) is 0 Å². The molecule has 0 atom stereocenters. The molecule has 1 rings (SSSR count). The van der Waals surface area contributed by atoms with Gasteiger partial charge in [-0.1, -0.05) is 6.92 Å². The zero-order chi connectivity index (χ0) is 10.6. The molecule has 3 nitrogen and oxygen atoms in total. The van der Waals surface area contributed by atoms with Crippen molar-refractivity contribution in [1.29, 1.82) is 0 Å². The van der Waals surface area contributed by atoms with Crippen LogP contribution in [-0.4, -0.2) is 10.9 Å². The number of carbonyl (C=O) groups excluding carboxylic acids is 1. The molecular formula is C10H13BrN2O. The van der Waals surface area contributed by atoms with Crippen molar-refractivity contribution in [2.45, 2.75) is 26.7 Å². The number of aryl methyl sites for hydroxylation is 1. The summed E-state index contributed by atoms with van der Waals surface area (Å²) in [5.41, 5.74) is 1.61. The monoisotopic (exact) mass is 256 g/mol. The van der Waals surface area contributed by atoms with Crippen LogP contribution in [0.5, 0.6) is 0 Å². The van der Waals surface area contributed by atoms with Gasteiger partial charge in [-0.3, -0.25) is 9.78 Å². The lowest BCUT2D eigenvalue weighted by molar-refractivity contribution is -0.116. The summed E-state index contributed by atoms with van der Waals surface area (Å²) in [4.78, 5) is 15.5. The van der Waals surface area contributed by atoms with E-state index in [0.29, 0.717) is 6.42 Å². The molecule has 1 heterocycles. The van der Waals surface area contributed by atoms with Crippen LogP contribution in [0.25, 0.3) is 0 Å². The van der Waals surface area contributed by atoms with Gasteiger partial charge >= 0.3 is 0 Å². The minimum Gasteiger partial charge on any atom is -0.324 e. The highest BCUT2D eigenvalue weighted by Crippen LogP contribution is 2.18. The third kappa shape index (κ3) is 3.10. The Morgan fingerprint density at radius 1 is 1.64 bits per heavy atom. The number of nitrogens with one attached hydrogen (secondary N) is 1. The molecule has 0 saturated carbocycles. The number of halogens is 1. The van der Waals surface area contributed by atoms with Gasteiger partial charge in [0.05, 0.1) is 11.4 Å². The molecule has 0 bridgehead atoms. The van der Waals surface area contributed by atoms with E-state index in [-0.39, 0.29) is 5.91 Å². The summed E-state index contributed by atoms with van der Waals surface area (Å²) in [6, 6.07) is 1.86. The van der Waals surface area contributed by atoms with Gasteiger partial charge in [-0.15, -0.1) is 0 Å². The summed E-state index contributed by atoms with van der Waals surface area (Å²) in [7, 11) is 0. The molecule has 14 heavy (non-hydrogen) atoms. The van der Waals surface area contributed by atoms with Crippen LogP contribution in [0.2, 0.25) is 0 Å². The van der Waals surface area contributed by atoms with Crippen molar-refractivity contribution in [3.63, 3.8) is 0 Å². The molecule has 0 saturated heterocycles. The number of rotatable bonds is 3. The molecule has 76 valence electrons. The summed E-state index contributed by atoms with van der Waals surface area (Å²) in [5, 5.41) is 2.82. The molecule has 1 aromatic rings. The molecule has 0 radical (unpaired) electrons. The maximum atomic E-state index is 11.3. The lowest BCUT2D eigenvalue weighted by Crippen LogP contribution is -2.12. The number of hydrogen-bond donors (Lipinski definition) is 1. The Kier molecular flexibility index (Phi) is 4.07. The second-order valence-corrected chi connectivity index (χ2v) is 4.00. The van der Waals surface area contributed by atoms with E-state index in [4.69, 9.17) is 0 Å². The Bertz CT molecular complexity index is 339. The summed E-state index contributed by atoms with van der Waals surface area (Å²) < 4.78 is 0.870. The van der Waals surface area contributed by atoms with Crippen LogP contribution < -0.4 is 5.32 Å². The van der Waals surface area contributed by atoms with Crippen LogP contribution in [0.15, 0.2) is 16.7 Å². The Morgan fingerprint density at radius 2 is 2.36 bits per heavy atom. The number of nitrogens with zero attached hydrogens (tertiary/aromatic N) is 1. The average Bonchev–Trinajstić information content (AvgIpc) is 2.12. The van der Waals surface area contributed by atoms with Gasteiger partial charge < -0.3 is 5.32 Å². The van der Waals surface area contributed by atoms with Gasteiger partial charge in [0.15, 0.2) is 0 Å². The summed E-state index contributed by atoms with van der Waals surface area (Å²) in [6.07, 6.45) is 3.11. The first-order valence-corrected chi connectivity index (χ1v) is 5.34. The van der Waals surface area contributed by atoms with Gasteiger partial charge in [-0.2, -0.15) is 0 Å². The van der Waals surface area contributed by atoms with E-state index in [2.05, 4.69) is 26.2 Å². The van der Waals surface area contributed by atoms with Crippen molar-refractivity contribution in [1.82, 2.24) is 4.98 Å². The summed E-state index contributed by atoms with van der Waals surface area (Å²) in [5.74, 6) is 0.0375. The normalized spacial score (nSPS) is 9.93. The Hall–Kier alpha value is -0.900. The highest BCUT2D eigenvalue weighted by Gasteiger charge is 2.04. The van der Waals surface area contributed by atoms with Crippen molar-refractivity contribution in [3.8, 4) is 0 Å². The lowest BCUT2D eigenvalue weighted by atomic mass is 10.3. The van der Waals surface area contributed by atoms with Crippen LogP contribution >= 0.6 is 15.9 Å². The van der Waals surface area contributed by atoms with Crippen molar-refractivity contribution in [2.24, 2.45) is 0 Å². The number of hydrogen-bond acceptors (Lipinski definition) is 2. The molecule has 0 fully saturated rings. The molecule has 1 amide bonds. The quantitative estimate of drug-likeness (QED) is 0.904. The van der Waals surface area contributed by atoms with E-state index in [9.17, 15) is 4.79 Å². The van der Waals surface area contributed by atoms with Crippen molar-refractivity contribution in [2.75, 3.05) is 5.32 Å². The van der Waals surface area contributed by atoms with E-state index in [1.54, 1.807) is 6.20 Å². The molecule has 0 unspecified atom stereocenters. The number of amides is 1. The molecule has 1 N–H and O–H groups in total. The zero-order valence-corrected chi connectivity index (χ0v) is 9.89. The lowest BCUT2D eigenvalue weighted by Gasteiger charge is -2.07. The van der Waals surface area contributed by atoms with E-state index in [1.807, 2.05) is 19.9 Å². The van der Waals surface area contributed by atoms with E-state index in [0.717, 1.165) is 22.3 Å². The largest absolute Gasteiger partial charge is 0.324 e. The highest BCUT2D eigenvalue weighted by atomic mass is 79.9. The molecule has 0 spiro atoms. The van der Waals surface area contributed by atoms with Crippen molar-refractivity contribution >= 4 is 27.5 Å². The van der Waals surface area contributed by atoms with Crippen LogP contribution in [0.4, 0.5) is 5.69 Å². The first kappa shape index (κ1) is 11.2. The Balaban J connectivity index is 2.75. The van der Waals surface area contributed by atoms with Crippen LogP contribution in [0, 0.1) is 6.92 Å². The first-order chi connectivity index (χ1) is 6.63. The number of aromatic nitrogens is 1.